The standard InChI is InChI=1S/C13H23N3O3/c1-13(12(18)14-2)4-5-16(8-13)11(17)10-6-9(19-3)7-15-10/h9-10,15H,4-8H2,1-3H3,(H,14,18). The molecule has 19 heavy (non-hydrogen) atoms. The van der Waals surface area contributed by atoms with Gasteiger partial charge in [0.05, 0.1) is 17.6 Å². The second-order valence-electron chi connectivity index (χ2n) is 5.70. The molecule has 0 bridgehead atoms. The maximum atomic E-state index is 12.4. The Morgan fingerprint density at radius 2 is 2.21 bits per heavy atom. The summed E-state index contributed by atoms with van der Waals surface area (Å²) < 4.78 is 5.25. The molecule has 0 aromatic carbocycles. The van der Waals surface area contributed by atoms with E-state index in [9.17, 15) is 9.59 Å². The minimum atomic E-state index is -0.455. The monoisotopic (exact) mass is 269 g/mol. The van der Waals surface area contributed by atoms with Crippen LogP contribution in [0.3, 0.4) is 0 Å². The van der Waals surface area contributed by atoms with Crippen molar-refractivity contribution in [2.45, 2.75) is 31.9 Å². The van der Waals surface area contributed by atoms with Crippen LogP contribution in [0.2, 0.25) is 0 Å². The number of likely N-dealkylation sites (tertiary alicyclic amines) is 1. The Hall–Kier alpha value is -1.14. The zero-order chi connectivity index (χ0) is 14.0. The Balaban J connectivity index is 1.94. The van der Waals surface area contributed by atoms with Crippen LogP contribution in [0.4, 0.5) is 0 Å². The average molecular weight is 269 g/mol. The number of ether oxygens (including phenoxy) is 1. The smallest absolute Gasteiger partial charge is 0.239 e. The first kappa shape index (κ1) is 14.3. The molecule has 0 spiro atoms. The van der Waals surface area contributed by atoms with Crippen molar-refractivity contribution in [1.82, 2.24) is 15.5 Å². The van der Waals surface area contributed by atoms with E-state index in [0.29, 0.717) is 26.1 Å². The molecule has 6 nitrogen and oxygen atoms in total. The van der Waals surface area contributed by atoms with Gasteiger partial charge in [0.25, 0.3) is 0 Å². The van der Waals surface area contributed by atoms with Crippen molar-refractivity contribution in [3.63, 3.8) is 0 Å². The summed E-state index contributed by atoms with van der Waals surface area (Å²) in [5, 5.41) is 5.87. The highest BCUT2D eigenvalue weighted by atomic mass is 16.5. The van der Waals surface area contributed by atoms with Crippen molar-refractivity contribution in [1.29, 1.82) is 0 Å². The Kier molecular flexibility index (Phi) is 4.10. The van der Waals surface area contributed by atoms with Crippen LogP contribution in [-0.4, -0.2) is 62.7 Å². The van der Waals surface area contributed by atoms with Crippen LogP contribution >= 0.6 is 0 Å². The van der Waals surface area contributed by atoms with Crippen LogP contribution in [0, 0.1) is 5.41 Å². The van der Waals surface area contributed by atoms with Gasteiger partial charge >= 0.3 is 0 Å². The molecule has 0 aromatic rings. The molecule has 2 aliphatic rings. The molecule has 0 aromatic heterocycles. The predicted octanol–water partition coefficient (Wildman–Crippen LogP) is -0.652. The lowest BCUT2D eigenvalue weighted by Gasteiger charge is -2.24. The molecule has 108 valence electrons. The lowest BCUT2D eigenvalue weighted by atomic mass is 9.89. The maximum Gasteiger partial charge on any atom is 0.239 e. The molecule has 2 fully saturated rings. The minimum absolute atomic E-state index is 0.0111. The SMILES string of the molecule is CNC(=O)C1(C)CCN(C(=O)C2CC(OC)CN2)C1. The number of methoxy groups -OCH3 is 1. The number of hydrogen-bond acceptors (Lipinski definition) is 4. The van der Waals surface area contributed by atoms with Crippen molar-refractivity contribution in [3.8, 4) is 0 Å². The molecule has 2 saturated heterocycles. The third-order valence-electron chi connectivity index (χ3n) is 4.28. The molecule has 2 amide bonds. The Labute approximate surface area is 113 Å². The molecule has 3 atom stereocenters. The average Bonchev–Trinajstić information content (AvgIpc) is 3.04. The van der Waals surface area contributed by atoms with Crippen LogP contribution in [-0.2, 0) is 14.3 Å². The number of hydrogen-bond donors (Lipinski definition) is 2. The first-order chi connectivity index (χ1) is 9.00. The molecule has 2 N–H and O–H groups in total. The van der Waals surface area contributed by atoms with E-state index >= 15 is 0 Å². The summed E-state index contributed by atoms with van der Waals surface area (Å²) in [6.45, 7) is 3.78. The van der Waals surface area contributed by atoms with Crippen molar-refractivity contribution < 1.29 is 14.3 Å². The number of carbonyl (C=O) groups excluding carboxylic acids is 2. The summed E-state index contributed by atoms with van der Waals surface area (Å²) in [7, 11) is 3.30. The van der Waals surface area contributed by atoms with Gasteiger partial charge in [0.15, 0.2) is 0 Å². The molecule has 3 unspecified atom stereocenters. The number of nitrogens with zero attached hydrogens (tertiary/aromatic N) is 1. The summed E-state index contributed by atoms with van der Waals surface area (Å²) >= 11 is 0. The predicted molar refractivity (Wildman–Crippen MR) is 70.6 cm³/mol. The van der Waals surface area contributed by atoms with Crippen LogP contribution in [0.1, 0.15) is 19.8 Å². The maximum absolute atomic E-state index is 12.4. The molecule has 2 heterocycles. The summed E-state index contributed by atoms with van der Waals surface area (Å²) in [6.07, 6.45) is 1.54. The van der Waals surface area contributed by atoms with E-state index in [2.05, 4.69) is 10.6 Å². The number of nitrogens with one attached hydrogen (secondary N) is 2. The fourth-order valence-corrected chi connectivity index (χ4v) is 2.93. The molecule has 2 rings (SSSR count). The number of rotatable bonds is 3. The third kappa shape index (κ3) is 2.74. The van der Waals surface area contributed by atoms with Crippen molar-refractivity contribution in [2.24, 2.45) is 5.41 Å². The number of amides is 2. The molecule has 2 aliphatic heterocycles. The topological polar surface area (TPSA) is 70.7 Å². The van der Waals surface area contributed by atoms with Gasteiger partial charge in [-0.25, -0.2) is 0 Å². The van der Waals surface area contributed by atoms with Crippen molar-refractivity contribution >= 4 is 11.8 Å². The van der Waals surface area contributed by atoms with Gasteiger partial charge in [0, 0.05) is 33.8 Å². The molecule has 0 saturated carbocycles. The van der Waals surface area contributed by atoms with E-state index in [-0.39, 0.29) is 24.0 Å². The lowest BCUT2D eigenvalue weighted by molar-refractivity contribution is -0.134. The lowest BCUT2D eigenvalue weighted by Crippen LogP contribution is -2.45. The van der Waals surface area contributed by atoms with E-state index in [1.54, 1.807) is 19.1 Å². The molecular formula is C13H23N3O3. The summed E-state index contributed by atoms with van der Waals surface area (Å²) in [5.41, 5.74) is -0.455. The Bertz CT molecular complexity index is 374. The van der Waals surface area contributed by atoms with Crippen LogP contribution in [0.25, 0.3) is 0 Å². The summed E-state index contributed by atoms with van der Waals surface area (Å²) in [4.78, 5) is 26.0. The van der Waals surface area contributed by atoms with Crippen LogP contribution in [0.5, 0.6) is 0 Å². The second-order valence-corrected chi connectivity index (χ2v) is 5.70. The Morgan fingerprint density at radius 1 is 1.47 bits per heavy atom. The first-order valence-corrected chi connectivity index (χ1v) is 6.77. The quantitative estimate of drug-likeness (QED) is 0.714. The fraction of sp³-hybridized carbons (Fsp3) is 0.846. The van der Waals surface area contributed by atoms with Crippen molar-refractivity contribution in [3.05, 3.63) is 0 Å². The molecular weight excluding hydrogens is 246 g/mol. The van der Waals surface area contributed by atoms with E-state index in [4.69, 9.17) is 4.74 Å². The van der Waals surface area contributed by atoms with Gasteiger partial charge in [-0.05, 0) is 19.8 Å². The molecule has 0 aliphatic carbocycles. The molecule has 6 heteroatoms. The van der Waals surface area contributed by atoms with Gasteiger partial charge in [0.1, 0.15) is 0 Å². The van der Waals surface area contributed by atoms with Crippen LogP contribution < -0.4 is 10.6 Å². The highest BCUT2D eigenvalue weighted by Gasteiger charge is 2.43. The van der Waals surface area contributed by atoms with Crippen molar-refractivity contribution in [2.75, 3.05) is 33.8 Å². The highest BCUT2D eigenvalue weighted by Crippen LogP contribution is 2.31. The molecule has 0 radical (unpaired) electrons. The summed E-state index contributed by atoms with van der Waals surface area (Å²) in [5.74, 6) is 0.101. The van der Waals surface area contributed by atoms with Gasteiger partial charge in [-0.1, -0.05) is 0 Å². The minimum Gasteiger partial charge on any atom is -0.380 e. The van der Waals surface area contributed by atoms with E-state index in [0.717, 1.165) is 6.42 Å². The van der Waals surface area contributed by atoms with Gasteiger partial charge in [-0.2, -0.15) is 0 Å². The zero-order valence-electron chi connectivity index (χ0n) is 11.9. The normalized spacial score (nSPS) is 34.6. The van der Waals surface area contributed by atoms with Gasteiger partial charge in [0.2, 0.25) is 11.8 Å². The van der Waals surface area contributed by atoms with Gasteiger partial charge in [-0.3, -0.25) is 9.59 Å². The second kappa shape index (κ2) is 5.46. The third-order valence-corrected chi connectivity index (χ3v) is 4.28. The first-order valence-electron chi connectivity index (χ1n) is 6.77. The fourth-order valence-electron chi connectivity index (χ4n) is 2.93. The highest BCUT2D eigenvalue weighted by molar-refractivity contribution is 5.86. The van der Waals surface area contributed by atoms with E-state index < -0.39 is 5.41 Å². The van der Waals surface area contributed by atoms with Gasteiger partial charge < -0.3 is 20.3 Å². The van der Waals surface area contributed by atoms with Gasteiger partial charge in [-0.15, -0.1) is 0 Å². The van der Waals surface area contributed by atoms with E-state index in [1.165, 1.54) is 0 Å². The Morgan fingerprint density at radius 3 is 2.79 bits per heavy atom. The van der Waals surface area contributed by atoms with E-state index in [1.807, 2.05) is 6.92 Å². The summed E-state index contributed by atoms with van der Waals surface area (Å²) in [6, 6.07) is -0.169. The zero-order valence-corrected chi connectivity index (χ0v) is 11.9. The largest absolute Gasteiger partial charge is 0.380 e. The van der Waals surface area contributed by atoms with Crippen LogP contribution in [0.15, 0.2) is 0 Å². The number of carbonyl (C=O) groups is 2.